The first kappa shape index (κ1) is 12.7. The number of halogens is 3. The van der Waals surface area contributed by atoms with E-state index in [0.29, 0.717) is 15.8 Å². The number of ether oxygens (including phenoxy) is 1. The van der Waals surface area contributed by atoms with Crippen molar-refractivity contribution in [2.24, 2.45) is 5.92 Å². The van der Waals surface area contributed by atoms with Crippen LogP contribution in [0.5, 0.6) is 0 Å². The largest absolute Gasteiger partial charge is 0.381 e. The molecule has 1 aliphatic rings. The molecule has 1 saturated heterocycles. The molecule has 0 aliphatic carbocycles. The Bertz CT molecular complexity index is 364. The molecular formula is C12H13BrCl2O. The molecule has 1 atom stereocenters. The highest BCUT2D eigenvalue weighted by molar-refractivity contribution is 9.09. The van der Waals surface area contributed by atoms with Crippen molar-refractivity contribution in [2.75, 3.05) is 13.2 Å². The van der Waals surface area contributed by atoms with E-state index in [2.05, 4.69) is 15.9 Å². The van der Waals surface area contributed by atoms with Gasteiger partial charge in [0, 0.05) is 28.1 Å². The van der Waals surface area contributed by atoms with Crippen LogP contribution in [0.1, 0.15) is 23.2 Å². The minimum absolute atomic E-state index is 0.293. The normalized spacial score (nSPS) is 19.7. The summed E-state index contributed by atoms with van der Waals surface area (Å²) in [7, 11) is 0. The van der Waals surface area contributed by atoms with Gasteiger partial charge in [0.15, 0.2) is 0 Å². The van der Waals surface area contributed by atoms with Gasteiger partial charge in [0.25, 0.3) is 0 Å². The second-order valence-corrected chi connectivity index (χ2v) is 5.85. The Balaban J connectivity index is 2.15. The Labute approximate surface area is 114 Å². The predicted octanol–water partition coefficient (Wildman–Crippen LogP) is 4.86. The Morgan fingerprint density at radius 3 is 2.56 bits per heavy atom. The summed E-state index contributed by atoms with van der Waals surface area (Å²) in [6, 6.07) is 5.68. The number of alkyl halides is 1. The van der Waals surface area contributed by atoms with Crippen LogP contribution in [-0.2, 0) is 4.74 Å². The lowest BCUT2D eigenvalue weighted by Gasteiger charge is -2.27. The standard InChI is InChI=1S/C12H13BrCl2O/c13-12(8-3-5-16-6-4-8)10-2-1-9(14)7-11(10)15/h1-2,7-8,12H,3-6H2. The first-order chi connectivity index (χ1) is 7.68. The van der Waals surface area contributed by atoms with Gasteiger partial charge < -0.3 is 4.74 Å². The second-order valence-electron chi connectivity index (χ2n) is 4.02. The van der Waals surface area contributed by atoms with Crippen molar-refractivity contribution in [3.05, 3.63) is 33.8 Å². The van der Waals surface area contributed by atoms with Gasteiger partial charge in [0.05, 0.1) is 0 Å². The zero-order valence-corrected chi connectivity index (χ0v) is 11.9. The zero-order valence-electron chi connectivity index (χ0n) is 8.76. The summed E-state index contributed by atoms with van der Waals surface area (Å²) in [4.78, 5) is 0.293. The van der Waals surface area contributed by atoms with Gasteiger partial charge >= 0.3 is 0 Å². The van der Waals surface area contributed by atoms with Gasteiger partial charge in [-0.1, -0.05) is 45.2 Å². The first-order valence-corrected chi connectivity index (χ1v) is 7.02. The lowest BCUT2D eigenvalue weighted by Crippen LogP contribution is -2.19. The van der Waals surface area contributed by atoms with E-state index in [4.69, 9.17) is 27.9 Å². The lowest BCUT2D eigenvalue weighted by atomic mass is 9.92. The van der Waals surface area contributed by atoms with E-state index in [1.165, 1.54) is 0 Å². The monoisotopic (exact) mass is 322 g/mol. The van der Waals surface area contributed by atoms with E-state index in [9.17, 15) is 0 Å². The van der Waals surface area contributed by atoms with Gasteiger partial charge in [0.1, 0.15) is 0 Å². The quantitative estimate of drug-likeness (QED) is 0.706. The highest BCUT2D eigenvalue weighted by Crippen LogP contribution is 2.40. The van der Waals surface area contributed by atoms with Gasteiger partial charge in [-0.3, -0.25) is 0 Å². The van der Waals surface area contributed by atoms with Gasteiger partial charge in [-0.2, -0.15) is 0 Å². The third-order valence-electron chi connectivity index (χ3n) is 2.94. The third-order valence-corrected chi connectivity index (χ3v) is 4.74. The van der Waals surface area contributed by atoms with E-state index in [0.717, 1.165) is 36.6 Å². The average Bonchev–Trinajstić information content (AvgIpc) is 2.29. The molecular weight excluding hydrogens is 311 g/mol. The molecule has 16 heavy (non-hydrogen) atoms. The van der Waals surface area contributed by atoms with Crippen LogP contribution in [0.25, 0.3) is 0 Å². The van der Waals surface area contributed by atoms with Crippen molar-refractivity contribution < 1.29 is 4.74 Å². The summed E-state index contributed by atoms with van der Waals surface area (Å²) >= 11 is 15.8. The highest BCUT2D eigenvalue weighted by Gasteiger charge is 2.24. The van der Waals surface area contributed by atoms with E-state index in [-0.39, 0.29) is 0 Å². The number of benzene rings is 1. The SMILES string of the molecule is Clc1ccc(C(Br)C2CCOCC2)c(Cl)c1. The maximum Gasteiger partial charge on any atom is 0.0469 e. The van der Waals surface area contributed by atoms with Crippen LogP contribution in [0.15, 0.2) is 18.2 Å². The van der Waals surface area contributed by atoms with E-state index in [1.54, 1.807) is 6.07 Å². The van der Waals surface area contributed by atoms with Crippen molar-refractivity contribution >= 4 is 39.1 Å². The number of hydrogen-bond acceptors (Lipinski definition) is 1. The van der Waals surface area contributed by atoms with Crippen molar-refractivity contribution in [1.82, 2.24) is 0 Å². The molecule has 88 valence electrons. The van der Waals surface area contributed by atoms with Crippen molar-refractivity contribution in [1.29, 1.82) is 0 Å². The number of rotatable bonds is 2. The summed E-state index contributed by atoms with van der Waals surface area (Å²) in [5.41, 5.74) is 1.12. The summed E-state index contributed by atoms with van der Waals surface area (Å²) in [6.45, 7) is 1.69. The topological polar surface area (TPSA) is 9.23 Å². The van der Waals surface area contributed by atoms with E-state index < -0.39 is 0 Å². The Hall–Kier alpha value is 0.240. The second kappa shape index (κ2) is 5.72. The molecule has 1 aliphatic heterocycles. The van der Waals surface area contributed by atoms with Crippen LogP contribution in [0, 0.1) is 5.92 Å². The molecule has 0 N–H and O–H groups in total. The fourth-order valence-corrected chi connectivity index (χ4v) is 3.57. The minimum atomic E-state index is 0.293. The molecule has 1 fully saturated rings. The van der Waals surface area contributed by atoms with E-state index in [1.807, 2.05) is 12.1 Å². The Kier molecular flexibility index (Phi) is 4.54. The molecule has 4 heteroatoms. The smallest absolute Gasteiger partial charge is 0.0469 e. The van der Waals surface area contributed by atoms with Crippen molar-refractivity contribution in [3.63, 3.8) is 0 Å². The average molecular weight is 324 g/mol. The van der Waals surface area contributed by atoms with Gasteiger partial charge in [0.2, 0.25) is 0 Å². The molecule has 0 radical (unpaired) electrons. The van der Waals surface area contributed by atoms with Gasteiger partial charge in [-0.15, -0.1) is 0 Å². The number of hydrogen-bond donors (Lipinski definition) is 0. The van der Waals surface area contributed by atoms with Crippen LogP contribution in [-0.4, -0.2) is 13.2 Å². The van der Waals surface area contributed by atoms with Crippen LogP contribution in [0.4, 0.5) is 0 Å². The minimum Gasteiger partial charge on any atom is -0.381 e. The molecule has 0 aromatic heterocycles. The van der Waals surface area contributed by atoms with Crippen LogP contribution < -0.4 is 0 Å². The molecule has 0 bridgehead atoms. The fourth-order valence-electron chi connectivity index (χ4n) is 1.99. The highest BCUT2D eigenvalue weighted by atomic mass is 79.9. The molecule has 1 aromatic carbocycles. The maximum absolute atomic E-state index is 6.20. The van der Waals surface area contributed by atoms with Crippen LogP contribution in [0.2, 0.25) is 10.0 Å². The molecule has 1 heterocycles. The van der Waals surface area contributed by atoms with E-state index >= 15 is 0 Å². The van der Waals surface area contributed by atoms with Crippen molar-refractivity contribution in [3.8, 4) is 0 Å². The molecule has 0 spiro atoms. The summed E-state index contributed by atoms with van der Waals surface area (Å²) in [6.07, 6.45) is 2.16. The maximum atomic E-state index is 6.20. The fraction of sp³-hybridized carbons (Fsp3) is 0.500. The van der Waals surface area contributed by atoms with Gasteiger partial charge in [-0.25, -0.2) is 0 Å². The zero-order chi connectivity index (χ0) is 11.5. The summed E-state index contributed by atoms with van der Waals surface area (Å²) < 4.78 is 5.36. The third kappa shape index (κ3) is 2.92. The first-order valence-electron chi connectivity index (χ1n) is 5.35. The molecule has 1 unspecified atom stereocenters. The Morgan fingerprint density at radius 2 is 1.94 bits per heavy atom. The summed E-state index contributed by atoms with van der Waals surface area (Å²) in [5.74, 6) is 0.590. The Morgan fingerprint density at radius 1 is 1.25 bits per heavy atom. The van der Waals surface area contributed by atoms with Crippen molar-refractivity contribution in [2.45, 2.75) is 17.7 Å². The molecule has 1 nitrogen and oxygen atoms in total. The van der Waals surface area contributed by atoms with Gasteiger partial charge in [-0.05, 0) is 36.5 Å². The van der Waals surface area contributed by atoms with Crippen LogP contribution >= 0.6 is 39.1 Å². The predicted molar refractivity (Wildman–Crippen MR) is 71.7 cm³/mol. The summed E-state index contributed by atoms with van der Waals surface area (Å²) in [5, 5.41) is 1.42. The molecule has 0 amide bonds. The molecule has 2 rings (SSSR count). The molecule has 1 aromatic rings. The van der Waals surface area contributed by atoms with Crippen LogP contribution in [0.3, 0.4) is 0 Å². The molecule has 0 saturated carbocycles. The lowest BCUT2D eigenvalue weighted by molar-refractivity contribution is 0.0662.